The Hall–Kier alpha value is -4.66. The monoisotopic (exact) mass is 593 g/mol. The second-order valence-electron chi connectivity index (χ2n) is 11.8. The molecule has 0 bridgehead atoms. The van der Waals surface area contributed by atoms with Crippen LogP contribution >= 0.6 is 0 Å². The van der Waals surface area contributed by atoms with E-state index in [0.717, 1.165) is 31.4 Å². The third-order valence-corrected chi connectivity index (χ3v) is 8.77. The second-order valence-corrected chi connectivity index (χ2v) is 11.8. The molecule has 7 N–H and O–H groups in total. The molecular formula is C35H43N7O2. The number of imidazole rings is 1. The van der Waals surface area contributed by atoms with Crippen molar-refractivity contribution in [3.8, 4) is 0 Å². The fourth-order valence-corrected chi connectivity index (χ4v) is 6.31. The van der Waals surface area contributed by atoms with Crippen LogP contribution in [0.15, 0.2) is 90.3 Å². The van der Waals surface area contributed by atoms with E-state index >= 15 is 0 Å². The largest absolute Gasteiger partial charge is 0.370 e. The molecule has 1 aromatic heterocycles. The molecule has 3 atom stereocenters. The first-order chi connectivity index (χ1) is 21.4. The van der Waals surface area contributed by atoms with Gasteiger partial charge < -0.3 is 27.1 Å². The summed E-state index contributed by atoms with van der Waals surface area (Å²) in [5.41, 5.74) is 13.9. The smallest absolute Gasteiger partial charge is 0.226 e. The number of carbonyl (C=O) groups is 2. The van der Waals surface area contributed by atoms with Gasteiger partial charge in [-0.05, 0) is 72.8 Å². The van der Waals surface area contributed by atoms with Crippen molar-refractivity contribution in [1.82, 2.24) is 20.6 Å². The number of guanidine groups is 1. The average Bonchev–Trinajstić information content (AvgIpc) is 3.53. The van der Waals surface area contributed by atoms with Gasteiger partial charge in [0.2, 0.25) is 11.8 Å². The highest BCUT2D eigenvalue weighted by Gasteiger charge is 2.61. The topological polar surface area (TPSA) is 151 Å². The Labute approximate surface area is 258 Å². The number of fused-ring (bicyclic) bond motifs is 1. The molecule has 0 radical (unpaired) electrons. The SMILES string of the molecule is NC(N)=NCCC[C@@]1(C(=O)NCCc2ccc3ccccc3c2)C[C@@H]1[C@H](CCc1ccccc1)NC(=O)CCc1cnc[nH]1. The van der Waals surface area contributed by atoms with E-state index in [9.17, 15) is 9.59 Å². The van der Waals surface area contributed by atoms with Crippen LogP contribution in [0.25, 0.3) is 10.8 Å². The van der Waals surface area contributed by atoms with Crippen LogP contribution in [-0.4, -0.2) is 46.9 Å². The van der Waals surface area contributed by atoms with Gasteiger partial charge in [-0.2, -0.15) is 0 Å². The molecule has 1 aliphatic carbocycles. The van der Waals surface area contributed by atoms with Crippen LogP contribution in [-0.2, 0) is 28.9 Å². The molecule has 2 amide bonds. The molecule has 1 heterocycles. The van der Waals surface area contributed by atoms with E-state index < -0.39 is 5.41 Å². The zero-order chi connectivity index (χ0) is 30.8. The number of nitrogens with one attached hydrogen (secondary N) is 3. The second kappa shape index (κ2) is 14.7. The van der Waals surface area contributed by atoms with Gasteiger partial charge in [-0.3, -0.25) is 14.6 Å². The Morgan fingerprint density at radius 2 is 1.77 bits per heavy atom. The van der Waals surface area contributed by atoms with Crippen LogP contribution in [0.3, 0.4) is 0 Å². The molecule has 1 fully saturated rings. The van der Waals surface area contributed by atoms with E-state index in [4.69, 9.17) is 11.5 Å². The lowest BCUT2D eigenvalue weighted by Crippen LogP contribution is -2.42. The summed E-state index contributed by atoms with van der Waals surface area (Å²) >= 11 is 0. The standard InChI is InChI=1S/C35H43N7O2/c36-34(37)40-19-6-18-35(33(44)39-20-17-26-11-13-27-9-4-5-10-28(27)21-26)22-30(35)31(15-12-25-7-2-1-3-8-25)42-32(43)16-14-29-23-38-24-41-29/h1-5,7-11,13,21,23-24,30-31H,6,12,14-20,22H2,(H,38,41)(H,39,44)(H,42,43)(H4,36,37,40)/t30-,31+,35-/m1/s1. The third-order valence-electron chi connectivity index (χ3n) is 8.77. The van der Waals surface area contributed by atoms with Crippen molar-refractivity contribution < 1.29 is 9.59 Å². The number of nitrogens with two attached hydrogens (primary N) is 2. The van der Waals surface area contributed by atoms with Crippen LogP contribution in [0.5, 0.6) is 0 Å². The molecule has 4 aromatic rings. The number of aryl methyl sites for hydroxylation is 2. The van der Waals surface area contributed by atoms with Crippen molar-refractivity contribution in [3.05, 3.63) is 102 Å². The highest BCUT2D eigenvalue weighted by Crippen LogP contribution is 2.58. The van der Waals surface area contributed by atoms with Gasteiger partial charge in [0, 0.05) is 37.4 Å². The molecule has 1 saturated carbocycles. The van der Waals surface area contributed by atoms with Gasteiger partial charge in [-0.25, -0.2) is 4.98 Å². The highest BCUT2D eigenvalue weighted by atomic mass is 16.2. The minimum Gasteiger partial charge on any atom is -0.370 e. The summed E-state index contributed by atoms with van der Waals surface area (Å²) < 4.78 is 0. The van der Waals surface area contributed by atoms with E-state index in [-0.39, 0.29) is 29.7 Å². The van der Waals surface area contributed by atoms with Crippen molar-refractivity contribution in [1.29, 1.82) is 0 Å². The first kappa shape index (κ1) is 30.8. The van der Waals surface area contributed by atoms with Crippen molar-refractivity contribution >= 4 is 28.5 Å². The van der Waals surface area contributed by atoms with E-state index in [0.29, 0.717) is 38.8 Å². The zero-order valence-corrected chi connectivity index (χ0v) is 25.2. The van der Waals surface area contributed by atoms with Crippen LogP contribution in [0, 0.1) is 11.3 Å². The van der Waals surface area contributed by atoms with E-state index in [1.165, 1.54) is 21.9 Å². The number of nitrogens with zero attached hydrogens (tertiary/aromatic N) is 2. The minimum atomic E-state index is -0.569. The molecule has 3 aromatic carbocycles. The van der Waals surface area contributed by atoms with Crippen molar-refractivity contribution in [2.45, 2.75) is 57.4 Å². The van der Waals surface area contributed by atoms with Gasteiger partial charge in [0.15, 0.2) is 5.96 Å². The van der Waals surface area contributed by atoms with E-state index in [1.54, 1.807) is 12.5 Å². The van der Waals surface area contributed by atoms with Crippen LogP contribution < -0.4 is 22.1 Å². The number of carbonyl (C=O) groups excluding carboxylic acids is 2. The Bertz CT molecular complexity index is 1550. The first-order valence-electron chi connectivity index (χ1n) is 15.5. The normalized spacial score (nSPS) is 18.0. The number of benzene rings is 3. The predicted octanol–water partition coefficient (Wildman–Crippen LogP) is 4.03. The highest BCUT2D eigenvalue weighted by molar-refractivity contribution is 5.87. The van der Waals surface area contributed by atoms with Crippen molar-refractivity contribution in [2.75, 3.05) is 13.1 Å². The summed E-state index contributed by atoms with van der Waals surface area (Å²) in [6.45, 7) is 1.01. The Balaban J connectivity index is 1.26. The van der Waals surface area contributed by atoms with Crippen molar-refractivity contribution in [2.24, 2.45) is 27.8 Å². The molecule has 9 nitrogen and oxygen atoms in total. The molecule has 230 valence electrons. The third kappa shape index (κ3) is 8.24. The zero-order valence-electron chi connectivity index (χ0n) is 25.2. The molecule has 0 unspecified atom stereocenters. The Morgan fingerprint density at radius 3 is 2.55 bits per heavy atom. The first-order valence-corrected chi connectivity index (χ1v) is 15.5. The number of hydrogen-bond acceptors (Lipinski definition) is 4. The van der Waals surface area contributed by atoms with Gasteiger partial charge in [0.05, 0.1) is 11.7 Å². The summed E-state index contributed by atoms with van der Waals surface area (Å²) in [4.78, 5) is 38.3. The van der Waals surface area contributed by atoms with Gasteiger partial charge in [0.25, 0.3) is 0 Å². The predicted molar refractivity (Wildman–Crippen MR) is 175 cm³/mol. The maximum Gasteiger partial charge on any atom is 0.226 e. The lowest BCUT2D eigenvalue weighted by molar-refractivity contribution is -0.128. The summed E-state index contributed by atoms with van der Waals surface area (Å²) in [5, 5.41) is 8.94. The number of aromatic nitrogens is 2. The molecule has 0 saturated heterocycles. The van der Waals surface area contributed by atoms with Gasteiger partial charge >= 0.3 is 0 Å². The molecule has 44 heavy (non-hydrogen) atoms. The van der Waals surface area contributed by atoms with Gasteiger partial charge in [0.1, 0.15) is 0 Å². The molecule has 0 spiro atoms. The fraction of sp³-hybridized carbons (Fsp3) is 0.371. The van der Waals surface area contributed by atoms with Crippen LogP contribution in [0.1, 0.15) is 48.9 Å². The summed E-state index contributed by atoms with van der Waals surface area (Å²) in [7, 11) is 0. The van der Waals surface area contributed by atoms with Gasteiger partial charge in [-0.15, -0.1) is 0 Å². The number of aromatic amines is 1. The summed E-state index contributed by atoms with van der Waals surface area (Å²) in [6, 6.07) is 24.9. The van der Waals surface area contributed by atoms with Crippen LogP contribution in [0.4, 0.5) is 0 Å². The average molecular weight is 594 g/mol. The fourth-order valence-electron chi connectivity index (χ4n) is 6.31. The molecule has 9 heteroatoms. The van der Waals surface area contributed by atoms with E-state index in [2.05, 4.69) is 68.1 Å². The lowest BCUT2D eigenvalue weighted by Gasteiger charge is -2.24. The summed E-state index contributed by atoms with van der Waals surface area (Å²) in [5.74, 6) is 0.110. The van der Waals surface area contributed by atoms with Crippen molar-refractivity contribution in [3.63, 3.8) is 0 Å². The molecular weight excluding hydrogens is 550 g/mol. The molecule has 1 aliphatic rings. The maximum atomic E-state index is 13.9. The number of amides is 2. The lowest BCUT2D eigenvalue weighted by atomic mass is 9.90. The number of rotatable bonds is 16. The maximum absolute atomic E-state index is 13.9. The summed E-state index contributed by atoms with van der Waals surface area (Å²) in [6.07, 6.45) is 8.67. The number of aliphatic imine (C=N–C) groups is 1. The quantitative estimate of drug-likeness (QED) is 0.0755. The number of hydrogen-bond donors (Lipinski definition) is 5. The van der Waals surface area contributed by atoms with Crippen LogP contribution in [0.2, 0.25) is 0 Å². The Morgan fingerprint density at radius 1 is 0.977 bits per heavy atom. The number of H-pyrrole nitrogens is 1. The van der Waals surface area contributed by atoms with E-state index in [1.807, 2.05) is 30.3 Å². The Kier molecular flexibility index (Phi) is 10.3. The minimum absolute atomic E-state index is 0.0179. The van der Waals surface area contributed by atoms with Gasteiger partial charge in [-0.1, -0.05) is 72.8 Å². The molecule has 5 rings (SSSR count). The molecule has 0 aliphatic heterocycles.